The van der Waals surface area contributed by atoms with E-state index in [1.165, 1.54) is 0 Å². The summed E-state index contributed by atoms with van der Waals surface area (Å²) in [5, 5.41) is 3.64. The third-order valence-electron chi connectivity index (χ3n) is 4.22. The highest BCUT2D eigenvalue weighted by atomic mass is 16.6. The fourth-order valence-electron chi connectivity index (χ4n) is 3.12. The predicted octanol–water partition coefficient (Wildman–Crippen LogP) is 3.40. The molecule has 8 nitrogen and oxygen atoms in total. The Bertz CT molecular complexity index is 1020. The molecular weight excluding hydrogens is 358 g/mol. The zero-order chi connectivity index (χ0) is 20.5. The molecule has 1 amide bonds. The number of aromatic nitrogens is 3. The molecule has 0 saturated heterocycles. The number of hydrogen-bond donors (Lipinski definition) is 2. The zero-order valence-electron chi connectivity index (χ0n) is 17.0. The normalized spacial score (nSPS) is 11.8. The van der Waals surface area contributed by atoms with Crippen molar-refractivity contribution in [1.29, 1.82) is 0 Å². The fourth-order valence-corrected chi connectivity index (χ4v) is 3.12. The number of anilines is 1. The molecule has 0 unspecified atom stereocenters. The maximum Gasteiger partial charge on any atom is 0.407 e. The van der Waals surface area contributed by atoms with Gasteiger partial charge in [-0.2, -0.15) is 0 Å². The highest BCUT2D eigenvalue weighted by molar-refractivity contribution is 6.06. The molecule has 0 spiro atoms. The molecule has 0 radical (unpaired) electrons. The number of nitrogen functional groups attached to an aromatic ring is 1. The number of alkyl carbamates (subject to hydrolysis) is 1. The Morgan fingerprint density at radius 2 is 2.04 bits per heavy atom. The van der Waals surface area contributed by atoms with Crippen LogP contribution in [0.3, 0.4) is 0 Å². The molecule has 3 rings (SSSR count). The summed E-state index contributed by atoms with van der Waals surface area (Å²) in [5.74, 6) is 1.97. The molecule has 28 heavy (non-hydrogen) atoms. The molecule has 0 atom stereocenters. The van der Waals surface area contributed by atoms with Crippen molar-refractivity contribution in [2.75, 3.05) is 18.9 Å². The summed E-state index contributed by atoms with van der Waals surface area (Å²) >= 11 is 0. The molecule has 3 aromatic rings. The lowest BCUT2D eigenvalue weighted by Gasteiger charge is -2.19. The number of nitrogens with two attached hydrogens (primary N) is 1. The lowest BCUT2D eigenvalue weighted by Crippen LogP contribution is -2.34. The van der Waals surface area contributed by atoms with Gasteiger partial charge in [-0.3, -0.25) is 0 Å². The van der Waals surface area contributed by atoms with Gasteiger partial charge in [-0.15, -0.1) is 0 Å². The van der Waals surface area contributed by atoms with Crippen LogP contribution in [-0.2, 0) is 11.3 Å². The first kappa shape index (κ1) is 19.7. The van der Waals surface area contributed by atoms with Gasteiger partial charge >= 0.3 is 6.09 Å². The van der Waals surface area contributed by atoms with E-state index in [4.69, 9.17) is 15.2 Å². The second-order valence-electron chi connectivity index (χ2n) is 7.55. The van der Waals surface area contributed by atoms with Gasteiger partial charge in [-0.05, 0) is 46.8 Å². The molecule has 0 fully saturated rings. The molecule has 2 aromatic heterocycles. The van der Waals surface area contributed by atoms with Crippen molar-refractivity contribution < 1.29 is 14.3 Å². The van der Waals surface area contributed by atoms with Crippen molar-refractivity contribution in [2.45, 2.75) is 46.8 Å². The van der Waals surface area contributed by atoms with Gasteiger partial charge in [-0.1, -0.05) is 0 Å². The van der Waals surface area contributed by atoms with E-state index in [-0.39, 0.29) is 0 Å². The van der Waals surface area contributed by atoms with Crippen LogP contribution < -0.4 is 15.8 Å². The molecule has 150 valence electrons. The lowest BCUT2D eigenvalue weighted by molar-refractivity contribution is 0.0520. The minimum Gasteiger partial charge on any atom is -0.492 e. The van der Waals surface area contributed by atoms with E-state index in [1.807, 2.05) is 45.9 Å². The summed E-state index contributed by atoms with van der Waals surface area (Å²) in [6.45, 7) is 10.9. The van der Waals surface area contributed by atoms with Gasteiger partial charge in [0.1, 0.15) is 29.3 Å². The maximum absolute atomic E-state index is 11.6. The second-order valence-corrected chi connectivity index (χ2v) is 7.55. The summed E-state index contributed by atoms with van der Waals surface area (Å²) in [5.41, 5.74) is 8.06. The lowest BCUT2D eigenvalue weighted by atomic mass is 10.1. The quantitative estimate of drug-likeness (QED) is 0.652. The Morgan fingerprint density at radius 1 is 1.29 bits per heavy atom. The first-order chi connectivity index (χ1) is 13.2. The van der Waals surface area contributed by atoms with Gasteiger partial charge in [-0.25, -0.2) is 14.8 Å². The molecule has 0 aliphatic rings. The molecule has 8 heteroatoms. The van der Waals surface area contributed by atoms with Gasteiger partial charge in [0.05, 0.1) is 17.6 Å². The Hall–Kier alpha value is -3.03. The number of amides is 1. The van der Waals surface area contributed by atoms with Gasteiger partial charge in [0.15, 0.2) is 5.82 Å². The number of hydrogen-bond acceptors (Lipinski definition) is 6. The van der Waals surface area contributed by atoms with Crippen molar-refractivity contribution in [1.82, 2.24) is 19.9 Å². The van der Waals surface area contributed by atoms with Crippen molar-refractivity contribution in [2.24, 2.45) is 0 Å². The van der Waals surface area contributed by atoms with Crippen molar-refractivity contribution >= 4 is 33.8 Å². The number of fused-ring (bicyclic) bond motifs is 3. The Balaban J connectivity index is 1.74. The van der Waals surface area contributed by atoms with Crippen LogP contribution in [0.25, 0.3) is 21.9 Å². The Kier molecular flexibility index (Phi) is 5.31. The van der Waals surface area contributed by atoms with Crippen LogP contribution >= 0.6 is 0 Å². The van der Waals surface area contributed by atoms with Crippen molar-refractivity contribution in [3.8, 4) is 5.75 Å². The number of aryl methyl sites for hydroxylation is 2. The van der Waals surface area contributed by atoms with Crippen LogP contribution in [0, 0.1) is 6.92 Å². The standard InChI is InChI=1S/C20H27N5O3/c1-6-25-12(2)23-16-17(25)14-8-7-13(11-15(14)24-18(16)21)27-10-9-22-19(26)28-20(3,4)5/h7-8,11H,6,9-10H2,1-5H3,(H2,21,24)(H,22,26). The predicted molar refractivity (Wildman–Crippen MR) is 110 cm³/mol. The van der Waals surface area contributed by atoms with Gasteiger partial charge in [0.2, 0.25) is 0 Å². The summed E-state index contributed by atoms with van der Waals surface area (Å²) < 4.78 is 13.0. The first-order valence-corrected chi connectivity index (χ1v) is 9.35. The number of nitrogens with one attached hydrogen (secondary N) is 1. The van der Waals surface area contributed by atoms with Gasteiger partial charge in [0, 0.05) is 18.0 Å². The summed E-state index contributed by atoms with van der Waals surface area (Å²) in [6.07, 6.45) is -0.463. The molecular formula is C20H27N5O3. The van der Waals surface area contributed by atoms with E-state index >= 15 is 0 Å². The van der Waals surface area contributed by atoms with Crippen LogP contribution in [-0.4, -0.2) is 39.4 Å². The molecule has 3 N–H and O–H groups in total. The number of carbonyl (C=O) groups excluding carboxylic acids is 1. The number of nitrogens with zero attached hydrogens (tertiary/aromatic N) is 3. The number of imidazole rings is 1. The van der Waals surface area contributed by atoms with E-state index in [9.17, 15) is 4.79 Å². The van der Waals surface area contributed by atoms with E-state index in [1.54, 1.807) is 0 Å². The largest absolute Gasteiger partial charge is 0.492 e. The van der Waals surface area contributed by atoms with E-state index < -0.39 is 11.7 Å². The summed E-state index contributed by atoms with van der Waals surface area (Å²) in [6, 6.07) is 5.70. The fraction of sp³-hybridized carbons (Fsp3) is 0.450. The van der Waals surface area contributed by atoms with Crippen molar-refractivity contribution in [3.05, 3.63) is 24.0 Å². The zero-order valence-corrected chi connectivity index (χ0v) is 17.0. The van der Waals surface area contributed by atoms with E-state index in [2.05, 4.69) is 26.8 Å². The summed E-state index contributed by atoms with van der Waals surface area (Å²) in [4.78, 5) is 20.7. The Labute approximate surface area is 164 Å². The topological polar surface area (TPSA) is 104 Å². The average Bonchev–Trinajstić information content (AvgIpc) is 2.94. The van der Waals surface area contributed by atoms with Gasteiger partial charge < -0.3 is 25.1 Å². The highest BCUT2D eigenvalue weighted by Crippen LogP contribution is 2.30. The number of carbonyl (C=O) groups is 1. The minimum absolute atomic E-state index is 0.314. The van der Waals surface area contributed by atoms with Crippen LogP contribution in [0.4, 0.5) is 10.6 Å². The van der Waals surface area contributed by atoms with Crippen molar-refractivity contribution in [3.63, 3.8) is 0 Å². The SMILES string of the molecule is CCn1c(C)nc2c(N)nc3cc(OCCNC(=O)OC(C)(C)C)ccc3c21. The highest BCUT2D eigenvalue weighted by Gasteiger charge is 2.16. The number of benzene rings is 1. The van der Waals surface area contributed by atoms with Crippen LogP contribution in [0.15, 0.2) is 18.2 Å². The molecule has 1 aromatic carbocycles. The summed E-state index contributed by atoms with van der Waals surface area (Å²) in [7, 11) is 0. The number of pyridine rings is 1. The van der Waals surface area contributed by atoms with E-state index in [0.29, 0.717) is 24.7 Å². The Morgan fingerprint density at radius 3 is 2.71 bits per heavy atom. The van der Waals surface area contributed by atoms with Crippen LogP contribution in [0.2, 0.25) is 0 Å². The first-order valence-electron chi connectivity index (χ1n) is 9.35. The molecule has 0 aliphatic carbocycles. The molecule has 2 heterocycles. The maximum atomic E-state index is 11.6. The second kappa shape index (κ2) is 7.53. The number of ether oxygens (including phenoxy) is 2. The average molecular weight is 385 g/mol. The minimum atomic E-state index is -0.524. The smallest absolute Gasteiger partial charge is 0.407 e. The van der Waals surface area contributed by atoms with Crippen LogP contribution in [0.5, 0.6) is 5.75 Å². The molecule has 0 aliphatic heterocycles. The molecule has 0 saturated carbocycles. The third-order valence-corrected chi connectivity index (χ3v) is 4.22. The van der Waals surface area contributed by atoms with Gasteiger partial charge in [0.25, 0.3) is 0 Å². The third kappa shape index (κ3) is 4.11. The monoisotopic (exact) mass is 385 g/mol. The molecule has 0 bridgehead atoms. The van der Waals surface area contributed by atoms with Crippen LogP contribution in [0.1, 0.15) is 33.5 Å². The van der Waals surface area contributed by atoms with E-state index in [0.717, 1.165) is 34.3 Å². The number of rotatable bonds is 5.